The predicted molar refractivity (Wildman–Crippen MR) is 96.7 cm³/mol. The molecule has 2 aromatic rings. The van der Waals surface area contributed by atoms with Gasteiger partial charge in [-0.3, -0.25) is 14.4 Å². The Morgan fingerprint density at radius 3 is 2.54 bits per heavy atom. The van der Waals surface area contributed by atoms with Crippen LogP contribution in [0.3, 0.4) is 0 Å². The van der Waals surface area contributed by atoms with Gasteiger partial charge < -0.3 is 10.1 Å². The lowest BCUT2D eigenvalue weighted by molar-refractivity contribution is -0.148. The van der Waals surface area contributed by atoms with E-state index in [9.17, 15) is 14.4 Å². The van der Waals surface area contributed by atoms with E-state index in [1.54, 1.807) is 24.3 Å². The minimum absolute atomic E-state index is 0.103. The molecule has 1 fully saturated rings. The minimum Gasteiger partial charge on any atom is -0.455 e. The Morgan fingerprint density at radius 2 is 1.81 bits per heavy atom. The summed E-state index contributed by atoms with van der Waals surface area (Å²) in [5.41, 5.74) is 0.120. The first-order chi connectivity index (χ1) is 12.6. The smallest absolute Gasteiger partial charge is 0.312 e. The van der Waals surface area contributed by atoms with Gasteiger partial charge in [-0.2, -0.15) is 5.10 Å². The second kappa shape index (κ2) is 8.60. The summed E-state index contributed by atoms with van der Waals surface area (Å²) in [7, 11) is 0. The zero-order valence-electron chi connectivity index (χ0n) is 14.6. The number of benzene rings is 1. The van der Waals surface area contributed by atoms with Gasteiger partial charge in [0.1, 0.15) is 0 Å². The number of H-pyrrole nitrogens is 1. The molecule has 1 amide bonds. The lowest BCUT2D eigenvalue weighted by Crippen LogP contribution is -2.37. The van der Waals surface area contributed by atoms with Crippen molar-refractivity contribution >= 4 is 22.6 Å². The Labute approximate surface area is 151 Å². The fourth-order valence-corrected chi connectivity index (χ4v) is 3.33. The third-order valence-corrected chi connectivity index (χ3v) is 4.67. The van der Waals surface area contributed by atoms with Gasteiger partial charge in [-0.15, -0.1) is 0 Å². The van der Waals surface area contributed by atoms with Crippen LogP contribution in [0.4, 0.5) is 0 Å². The molecule has 26 heavy (non-hydrogen) atoms. The monoisotopic (exact) mass is 357 g/mol. The molecule has 1 heterocycles. The Hall–Kier alpha value is -2.70. The molecule has 1 aromatic heterocycles. The normalized spacial score (nSPS) is 15.4. The number of carbonyl (C=O) groups excluding carboxylic acids is 2. The minimum atomic E-state index is -0.550. The summed E-state index contributed by atoms with van der Waals surface area (Å²) in [4.78, 5) is 35.8. The van der Waals surface area contributed by atoms with E-state index in [0.29, 0.717) is 16.5 Å². The van der Waals surface area contributed by atoms with Gasteiger partial charge in [-0.1, -0.05) is 43.9 Å². The molecule has 3 rings (SSSR count). The van der Waals surface area contributed by atoms with Gasteiger partial charge in [0.2, 0.25) is 0 Å². The molecule has 0 aliphatic heterocycles. The molecular formula is C19H23N3O4. The number of fused-ring (bicyclic) bond motifs is 1. The lowest BCUT2D eigenvalue weighted by atomic mass is 10.1. The van der Waals surface area contributed by atoms with E-state index in [1.807, 2.05) is 0 Å². The highest BCUT2D eigenvalue weighted by molar-refractivity contribution is 5.87. The maximum absolute atomic E-state index is 12.1. The summed E-state index contributed by atoms with van der Waals surface area (Å²) < 4.78 is 5.08. The van der Waals surface area contributed by atoms with Gasteiger partial charge >= 0.3 is 5.97 Å². The van der Waals surface area contributed by atoms with E-state index in [2.05, 4.69) is 15.5 Å². The Balaban J connectivity index is 1.54. The maximum atomic E-state index is 12.1. The molecule has 1 saturated carbocycles. The highest BCUT2D eigenvalue weighted by atomic mass is 16.5. The van der Waals surface area contributed by atoms with Gasteiger partial charge in [-0.05, 0) is 18.9 Å². The second-order valence-electron chi connectivity index (χ2n) is 6.64. The third-order valence-electron chi connectivity index (χ3n) is 4.67. The summed E-state index contributed by atoms with van der Waals surface area (Å²) in [6.45, 7) is -0.295. The average Bonchev–Trinajstić information content (AvgIpc) is 2.91. The fraction of sp³-hybridized carbons (Fsp3) is 0.474. The highest BCUT2D eigenvalue weighted by Gasteiger charge is 2.17. The first-order valence-corrected chi connectivity index (χ1v) is 9.05. The van der Waals surface area contributed by atoms with Crippen LogP contribution in [0.25, 0.3) is 10.8 Å². The summed E-state index contributed by atoms with van der Waals surface area (Å²) in [6, 6.07) is 7.10. The molecule has 0 unspecified atom stereocenters. The van der Waals surface area contributed by atoms with E-state index in [4.69, 9.17) is 4.74 Å². The fourth-order valence-electron chi connectivity index (χ4n) is 3.33. The molecule has 138 valence electrons. The van der Waals surface area contributed by atoms with Gasteiger partial charge in [0, 0.05) is 11.4 Å². The molecule has 1 aliphatic carbocycles. The summed E-state index contributed by atoms with van der Waals surface area (Å²) in [6.07, 6.45) is 6.52. The van der Waals surface area contributed by atoms with E-state index >= 15 is 0 Å². The van der Waals surface area contributed by atoms with E-state index < -0.39 is 5.97 Å². The standard InChI is InChI=1S/C19H23N3O4/c23-17(20-13-7-3-1-2-4-8-13)12-26-18(24)11-16-14-9-5-6-10-15(14)19(25)22-21-16/h5-6,9-10,13H,1-4,7-8,11-12H2,(H,20,23)(H,22,25). The zero-order chi connectivity index (χ0) is 18.4. The van der Waals surface area contributed by atoms with Crippen LogP contribution in [0, 0.1) is 0 Å². The average molecular weight is 357 g/mol. The van der Waals surface area contributed by atoms with Crippen LogP contribution in [0.1, 0.15) is 44.2 Å². The number of aromatic nitrogens is 2. The van der Waals surface area contributed by atoms with Crippen molar-refractivity contribution in [2.45, 2.75) is 51.0 Å². The Morgan fingerprint density at radius 1 is 1.12 bits per heavy atom. The van der Waals surface area contributed by atoms with E-state index in [-0.39, 0.29) is 30.5 Å². The molecule has 7 nitrogen and oxygen atoms in total. The van der Waals surface area contributed by atoms with Gasteiger partial charge in [0.05, 0.1) is 17.5 Å². The van der Waals surface area contributed by atoms with Crippen LogP contribution in [-0.2, 0) is 20.7 Å². The molecule has 0 bridgehead atoms. The zero-order valence-corrected chi connectivity index (χ0v) is 14.6. The van der Waals surface area contributed by atoms with Crippen molar-refractivity contribution in [2.24, 2.45) is 0 Å². The number of amides is 1. The SMILES string of the molecule is O=C(COC(=O)Cc1n[nH]c(=O)c2ccccc12)NC1CCCCCC1. The van der Waals surface area contributed by atoms with E-state index in [0.717, 1.165) is 25.7 Å². The number of rotatable bonds is 5. The van der Waals surface area contributed by atoms with Crippen LogP contribution in [-0.4, -0.2) is 34.7 Å². The first kappa shape index (κ1) is 18.1. The van der Waals surface area contributed by atoms with Crippen LogP contribution in [0.2, 0.25) is 0 Å². The van der Waals surface area contributed by atoms with Crippen molar-refractivity contribution in [3.05, 3.63) is 40.3 Å². The Bertz CT molecular complexity index is 838. The molecule has 1 aliphatic rings. The number of aromatic amines is 1. The first-order valence-electron chi connectivity index (χ1n) is 9.05. The van der Waals surface area contributed by atoms with Crippen LogP contribution in [0.5, 0.6) is 0 Å². The van der Waals surface area contributed by atoms with Crippen LogP contribution < -0.4 is 10.9 Å². The Kier molecular flexibility index (Phi) is 5.99. The predicted octanol–water partition coefficient (Wildman–Crippen LogP) is 1.85. The second-order valence-corrected chi connectivity index (χ2v) is 6.64. The lowest BCUT2D eigenvalue weighted by Gasteiger charge is -2.16. The summed E-state index contributed by atoms with van der Waals surface area (Å²) in [5, 5.41) is 10.3. The quantitative estimate of drug-likeness (QED) is 0.628. The molecular weight excluding hydrogens is 334 g/mol. The molecule has 1 aromatic carbocycles. The molecule has 0 radical (unpaired) electrons. The van der Waals surface area contributed by atoms with Gasteiger partial charge in [0.25, 0.3) is 11.5 Å². The number of esters is 1. The number of nitrogens with zero attached hydrogens (tertiary/aromatic N) is 1. The summed E-state index contributed by atoms with van der Waals surface area (Å²) in [5.74, 6) is -0.824. The number of hydrogen-bond acceptors (Lipinski definition) is 5. The largest absolute Gasteiger partial charge is 0.455 e. The van der Waals surface area contributed by atoms with E-state index in [1.165, 1.54) is 12.8 Å². The van der Waals surface area contributed by atoms with Crippen molar-refractivity contribution in [2.75, 3.05) is 6.61 Å². The molecule has 0 atom stereocenters. The van der Waals surface area contributed by atoms with Crippen molar-refractivity contribution in [3.63, 3.8) is 0 Å². The number of ether oxygens (including phenoxy) is 1. The van der Waals surface area contributed by atoms with Crippen LogP contribution in [0.15, 0.2) is 29.1 Å². The molecule has 7 heteroatoms. The van der Waals surface area contributed by atoms with Gasteiger partial charge in [0.15, 0.2) is 6.61 Å². The molecule has 0 saturated heterocycles. The maximum Gasteiger partial charge on any atom is 0.312 e. The van der Waals surface area contributed by atoms with Crippen molar-refractivity contribution in [1.29, 1.82) is 0 Å². The van der Waals surface area contributed by atoms with Crippen molar-refractivity contribution in [1.82, 2.24) is 15.5 Å². The molecule has 2 N–H and O–H groups in total. The number of carbonyl (C=O) groups is 2. The highest BCUT2D eigenvalue weighted by Crippen LogP contribution is 2.17. The topological polar surface area (TPSA) is 101 Å². The third kappa shape index (κ3) is 4.68. The van der Waals surface area contributed by atoms with Gasteiger partial charge in [-0.25, -0.2) is 5.10 Å². The van der Waals surface area contributed by atoms with Crippen LogP contribution >= 0.6 is 0 Å². The number of hydrogen-bond donors (Lipinski definition) is 2. The van der Waals surface area contributed by atoms with Crippen molar-refractivity contribution < 1.29 is 14.3 Å². The molecule has 0 spiro atoms. The summed E-state index contributed by atoms with van der Waals surface area (Å²) >= 11 is 0. The number of nitrogens with one attached hydrogen (secondary N) is 2. The van der Waals surface area contributed by atoms with Crippen molar-refractivity contribution in [3.8, 4) is 0 Å².